The molecule has 142 valence electrons. The molecular formula is C16H17F7O2. The molecule has 0 heterocycles. The maximum atomic E-state index is 13.7. The van der Waals surface area contributed by atoms with Gasteiger partial charge in [-0.25, -0.2) is 8.78 Å². The van der Waals surface area contributed by atoms with Gasteiger partial charge in [-0.15, -0.1) is 0 Å². The van der Waals surface area contributed by atoms with Gasteiger partial charge >= 0.3 is 12.3 Å². The molecule has 0 amide bonds. The molecule has 0 aromatic heterocycles. The van der Waals surface area contributed by atoms with Crippen molar-refractivity contribution in [2.75, 3.05) is 6.61 Å². The molecule has 0 bridgehead atoms. The summed E-state index contributed by atoms with van der Waals surface area (Å²) in [6.07, 6.45) is -6.68. The lowest BCUT2D eigenvalue weighted by Gasteiger charge is -2.28. The molecule has 0 unspecified atom stereocenters. The zero-order chi connectivity index (χ0) is 18.8. The number of hydrogen-bond acceptors (Lipinski definition) is 2. The highest BCUT2D eigenvalue weighted by molar-refractivity contribution is 5.32. The van der Waals surface area contributed by atoms with Crippen LogP contribution in [0.15, 0.2) is 12.1 Å². The van der Waals surface area contributed by atoms with Crippen molar-refractivity contribution in [2.45, 2.75) is 51.0 Å². The number of benzene rings is 1. The summed E-state index contributed by atoms with van der Waals surface area (Å²) in [5, 5.41) is 0. The van der Waals surface area contributed by atoms with E-state index in [2.05, 4.69) is 4.74 Å². The molecule has 25 heavy (non-hydrogen) atoms. The molecule has 1 aliphatic carbocycles. The lowest BCUT2D eigenvalue weighted by atomic mass is 9.89. The number of rotatable bonds is 5. The fourth-order valence-electron chi connectivity index (χ4n) is 2.69. The molecule has 0 saturated heterocycles. The van der Waals surface area contributed by atoms with E-state index in [0.717, 1.165) is 12.8 Å². The largest absolute Gasteiger partial charge is 0.431 e. The third-order valence-corrected chi connectivity index (χ3v) is 4.02. The SMILES string of the molecule is CC1CCC(OCC(F)(F)Oc2cc(F)c(C(F)(F)F)c(F)c2)CC1. The van der Waals surface area contributed by atoms with Crippen molar-refractivity contribution in [1.82, 2.24) is 0 Å². The summed E-state index contributed by atoms with van der Waals surface area (Å²) in [6, 6.07) is 0.143. The number of ether oxygens (including phenoxy) is 2. The Balaban J connectivity index is 2.00. The summed E-state index contributed by atoms with van der Waals surface area (Å²) < 4.78 is 101. The van der Waals surface area contributed by atoms with E-state index >= 15 is 0 Å². The number of alkyl halides is 5. The first-order valence-corrected chi connectivity index (χ1v) is 7.72. The van der Waals surface area contributed by atoms with Gasteiger partial charge in [0.1, 0.15) is 22.9 Å². The van der Waals surface area contributed by atoms with E-state index in [0.29, 0.717) is 18.8 Å². The van der Waals surface area contributed by atoms with Crippen LogP contribution in [0.1, 0.15) is 38.2 Å². The summed E-state index contributed by atoms with van der Waals surface area (Å²) in [5.41, 5.74) is -2.16. The molecule has 1 aliphatic rings. The molecular weight excluding hydrogens is 357 g/mol. The second kappa shape index (κ2) is 7.39. The summed E-state index contributed by atoms with van der Waals surface area (Å²) in [4.78, 5) is 0. The van der Waals surface area contributed by atoms with Crippen LogP contribution < -0.4 is 4.74 Å². The normalized spacial score (nSPS) is 22.1. The molecule has 1 fully saturated rings. The summed E-state index contributed by atoms with van der Waals surface area (Å²) in [5.74, 6) is -4.61. The van der Waals surface area contributed by atoms with Crippen LogP contribution in [-0.2, 0) is 10.9 Å². The fourth-order valence-corrected chi connectivity index (χ4v) is 2.69. The minimum atomic E-state index is -5.28. The van der Waals surface area contributed by atoms with Crippen LogP contribution in [0.4, 0.5) is 30.7 Å². The molecule has 0 N–H and O–H groups in total. The number of hydrogen-bond donors (Lipinski definition) is 0. The van der Waals surface area contributed by atoms with E-state index in [-0.39, 0.29) is 18.2 Å². The first-order chi connectivity index (χ1) is 11.5. The van der Waals surface area contributed by atoms with Gasteiger partial charge in [0.25, 0.3) is 0 Å². The smallest absolute Gasteiger partial charge is 0.422 e. The van der Waals surface area contributed by atoms with Gasteiger partial charge in [0, 0.05) is 12.1 Å². The molecule has 2 nitrogen and oxygen atoms in total. The van der Waals surface area contributed by atoms with Gasteiger partial charge in [-0.2, -0.15) is 22.0 Å². The highest BCUT2D eigenvalue weighted by Crippen LogP contribution is 2.36. The maximum absolute atomic E-state index is 13.7. The van der Waals surface area contributed by atoms with Crippen molar-refractivity contribution in [3.63, 3.8) is 0 Å². The van der Waals surface area contributed by atoms with E-state index in [1.54, 1.807) is 0 Å². The Hall–Kier alpha value is -1.51. The van der Waals surface area contributed by atoms with Crippen LogP contribution in [0, 0.1) is 17.6 Å². The maximum Gasteiger partial charge on any atom is 0.422 e. The van der Waals surface area contributed by atoms with Crippen LogP contribution in [-0.4, -0.2) is 18.8 Å². The molecule has 0 atom stereocenters. The van der Waals surface area contributed by atoms with Gasteiger partial charge in [0.2, 0.25) is 0 Å². The molecule has 2 rings (SSSR count). The Labute approximate surface area is 139 Å². The van der Waals surface area contributed by atoms with Crippen molar-refractivity contribution >= 4 is 0 Å². The molecule has 1 aromatic carbocycles. The van der Waals surface area contributed by atoms with E-state index < -0.39 is 41.8 Å². The number of halogens is 7. The Kier molecular flexibility index (Phi) is 5.86. The predicted octanol–water partition coefficient (Wildman–Crippen LogP) is 5.55. The average molecular weight is 374 g/mol. The second-order valence-electron chi connectivity index (χ2n) is 6.19. The van der Waals surface area contributed by atoms with Crippen molar-refractivity contribution in [3.05, 3.63) is 29.3 Å². The third kappa shape index (κ3) is 5.49. The molecule has 0 aliphatic heterocycles. The highest BCUT2D eigenvalue weighted by Gasteiger charge is 2.39. The van der Waals surface area contributed by atoms with Gasteiger partial charge in [-0.3, -0.25) is 0 Å². The summed E-state index contributed by atoms with van der Waals surface area (Å²) in [7, 11) is 0. The summed E-state index contributed by atoms with van der Waals surface area (Å²) in [6.45, 7) is 0.887. The second-order valence-corrected chi connectivity index (χ2v) is 6.19. The van der Waals surface area contributed by atoms with E-state index in [9.17, 15) is 30.7 Å². The zero-order valence-corrected chi connectivity index (χ0v) is 13.3. The topological polar surface area (TPSA) is 18.5 Å². The minimum Gasteiger partial charge on any atom is -0.431 e. The average Bonchev–Trinajstić information content (AvgIpc) is 2.44. The monoisotopic (exact) mass is 374 g/mol. The van der Waals surface area contributed by atoms with Gasteiger partial charge in [0.05, 0.1) is 6.10 Å². The first-order valence-electron chi connectivity index (χ1n) is 7.72. The quantitative estimate of drug-likeness (QED) is 0.629. The van der Waals surface area contributed by atoms with E-state index in [1.165, 1.54) is 0 Å². The van der Waals surface area contributed by atoms with Crippen molar-refractivity contribution in [1.29, 1.82) is 0 Å². The van der Waals surface area contributed by atoms with Crippen molar-refractivity contribution in [3.8, 4) is 5.75 Å². The molecule has 0 radical (unpaired) electrons. The Morgan fingerprint density at radius 1 is 0.960 bits per heavy atom. The van der Waals surface area contributed by atoms with Gasteiger partial charge < -0.3 is 9.47 Å². The molecule has 1 aromatic rings. The van der Waals surface area contributed by atoms with Crippen molar-refractivity contribution in [2.24, 2.45) is 5.92 Å². The first kappa shape index (κ1) is 19.8. The highest BCUT2D eigenvalue weighted by atomic mass is 19.4. The van der Waals surface area contributed by atoms with Gasteiger partial charge in [0.15, 0.2) is 6.61 Å². The van der Waals surface area contributed by atoms with Crippen LogP contribution in [0.5, 0.6) is 5.75 Å². The molecule has 1 saturated carbocycles. The Morgan fingerprint density at radius 2 is 1.48 bits per heavy atom. The van der Waals surface area contributed by atoms with E-state index in [1.807, 2.05) is 6.92 Å². The molecule has 9 heteroatoms. The lowest BCUT2D eigenvalue weighted by molar-refractivity contribution is -0.222. The Bertz CT molecular complexity index is 570. The summed E-state index contributed by atoms with van der Waals surface area (Å²) >= 11 is 0. The van der Waals surface area contributed by atoms with Gasteiger partial charge in [-0.05, 0) is 31.6 Å². The molecule has 0 spiro atoms. The third-order valence-electron chi connectivity index (χ3n) is 4.02. The van der Waals surface area contributed by atoms with Crippen LogP contribution in [0.2, 0.25) is 0 Å². The van der Waals surface area contributed by atoms with Crippen LogP contribution in [0.25, 0.3) is 0 Å². The van der Waals surface area contributed by atoms with Gasteiger partial charge in [-0.1, -0.05) is 6.92 Å². The lowest BCUT2D eigenvalue weighted by Crippen LogP contribution is -2.34. The van der Waals surface area contributed by atoms with Crippen molar-refractivity contribution < 1.29 is 40.2 Å². The standard InChI is InChI=1S/C16H17F7O2/c1-9-2-4-10(5-3-9)24-8-15(19,20)25-11-6-12(17)14(13(18)7-11)16(21,22)23/h6-7,9-10H,2-5,8H2,1H3. The van der Waals surface area contributed by atoms with Crippen LogP contribution >= 0.6 is 0 Å². The fraction of sp³-hybridized carbons (Fsp3) is 0.625. The van der Waals surface area contributed by atoms with Crippen LogP contribution in [0.3, 0.4) is 0 Å². The Morgan fingerprint density at radius 3 is 1.96 bits per heavy atom. The predicted molar refractivity (Wildman–Crippen MR) is 74.3 cm³/mol. The zero-order valence-electron chi connectivity index (χ0n) is 13.3. The van der Waals surface area contributed by atoms with E-state index in [4.69, 9.17) is 4.74 Å². The minimum absolute atomic E-state index is 0.0715.